The molecule has 0 atom stereocenters. The summed E-state index contributed by atoms with van der Waals surface area (Å²) in [6.45, 7) is 8.25. The summed E-state index contributed by atoms with van der Waals surface area (Å²) < 4.78 is 17.0. The molecule has 2 aromatic rings. The van der Waals surface area contributed by atoms with E-state index >= 15 is 0 Å². The zero-order valence-corrected chi connectivity index (χ0v) is 18.7. The third-order valence-electron chi connectivity index (χ3n) is 3.67. The summed E-state index contributed by atoms with van der Waals surface area (Å²) in [5, 5.41) is 3.89. The number of ether oxygens (including phenoxy) is 3. The highest BCUT2D eigenvalue weighted by atomic mass is 35.5. The molecule has 28 heavy (non-hydrogen) atoms. The highest BCUT2D eigenvalue weighted by Crippen LogP contribution is 2.29. The van der Waals surface area contributed by atoms with Crippen molar-refractivity contribution >= 4 is 36.4 Å². The molecular weight excluding hydrogens is 423 g/mol. The Bertz CT molecular complexity index is 658. The molecule has 5 nitrogen and oxygen atoms in total. The predicted octanol–water partition coefficient (Wildman–Crippen LogP) is 5.07. The molecule has 0 bridgehead atoms. The van der Waals surface area contributed by atoms with Crippen LogP contribution in [0.15, 0.2) is 36.5 Å². The van der Waals surface area contributed by atoms with Gasteiger partial charge in [-0.15, -0.1) is 24.8 Å². The minimum Gasteiger partial charge on any atom is -0.490 e. The smallest absolute Gasteiger partial charge is 0.161 e. The van der Waals surface area contributed by atoms with Crippen molar-refractivity contribution in [3.05, 3.63) is 52.8 Å². The summed E-state index contributed by atoms with van der Waals surface area (Å²) >= 11 is 5.80. The van der Waals surface area contributed by atoms with Gasteiger partial charge >= 0.3 is 0 Å². The van der Waals surface area contributed by atoms with Crippen LogP contribution in [-0.4, -0.2) is 31.3 Å². The van der Waals surface area contributed by atoms with Crippen LogP contribution in [0.25, 0.3) is 0 Å². The average Bonchev–Trinajstić information content (AvgIpc) is 2.65. The Kier molecular flexibility index (Phi) is 15.0. The lowest BCUT2D eigenvalue weighted by Gasteiger charge is -2.14. The third kappa shape index (κ3) is 9.80. The Morgan fingerprint density at radius 3 is 2.43 bits per heavy atom. The third-order valence-corrected chi connectivity index (χ3v) is 3.89. The van der Waals surface area contributed by atoms with E-state index in [4.69, 9.17) is 25.8 Å². The molecule has 0 fully saturated rings. The van der Waals surface area contributed by atoms with Crippen LogP contribution in [0, 0.1) is 0 Å². The van der Waals surface area contributed by atoms with E-state index in [-0.39, 0.29) is 24.8 Å². The van der Waals surface area contributed by atoms with Crippen LogP contribution < -0.4 is 14.8 Å². The van der Waals surface area contributed by atoms with Gasteiger partial charge in [0.1, 0.15) is 11.8 Å². The van der Waals surface area contributed by atoms with Crippen molar-refractivity contribution in [3.63, 3.8) is 0 Å². The van der Waals surface area contributed by atoms with Gasteiger partial charge in [-0.25, -0.2) is 4.98 Å². The Morgan fingerprint density at radius 1 is 0.964 bits per heavy atom. The summed E-state index contributed by atoms with van der Waals surface area (Å²) in [5.74, 6) is 1.48. The molecule has 0 aliphatic carbocycles. The lowest BCUT2D eigenvalue weighted by atomic mass is 10.2. The zero-order chi connectivity index (χ0) is 18.6. The molecule has 1 aromatic heterocycles. The summed E-state index contributed by atoms with van der Waals surface area (Å²) in [6.07, 6.45) is 2.71. The first-order valence-electron chi connectivity index (χ1n) is 9.00. The van der Waals surface area contributed by atoms with Gasteiger partial charge in [-0.05, 0) is 50.6 Å². The van der Waals surface area contributed by atoms with Crippen molar-refractivity contribution in [2.24, 2.45) is 0 Å². The van der Waals surface area contributed by atoms with Crippen LogP contribution in [-0.2, 0) is 17.9 Å². The summed E-state index contributed by atoms with van der Waals surface area (Å²) in [5.41, 5.74) is 2.11. The maximum atomic E-state index is 5.90. The number of pyridine rings is 1. The highest BCUT2D eigenvalue weighted by Gasteiger charge is 2.07. The van der Waals surface area contributed by atoms with Crippen molar-refractivity contribution < 1.29 is 14.2 Å². The van der Waals surface area contributed by atoms with Crippen molar-refractivity contribution in [1.29, 1.82) is 0 Å². The fraction of sp³-hybridized carbons (Fsp3) is 0.450. The molecule has 0 aliphatic rings. The lowest BCUT2D eigenvalue weighted by Crippen LogP contribution is -2.16. The second-order valence-corrected chi connectivity index (χ2v) is 6.11. The van der Waals surface area contributed by atoms with Gasteiger partial charge in [-0.2, -0.15) is 0 Å². The van der Waals surface area contributed by atoms with Crippen LogP contribution in [0.2, 0.25) is 5.15 Å². The van der Waals surface area contributed by atoms with Gasteiger partial charge in [0.05, 0.1) is 6.61 Å². The van der Waals surface area contributed by atoms with E-state index in [2.05, 4.69) is 10.3 Å². The standard InChI is InChI=1S/C20H27ClN2O3.2ClH/c1-3-24-11-5-10-22-13-16-6-8-18(19(12-16)25-4-2)26-15-17-7-9-20(21)23-14-17;;/h6-9,12,14,22H,3-5,10-11,13,15H2,1-2H3;2*1H. The Morgan fingerprint density at radius 2 is 1.75 bits per heavy atom. The van der Waals surface area contributed by atoms with Gasteiger partial charge < -0.3 is 19.5 Å². The molecule has 1 heterocycles. The topological polar surface area (TPSA) is 52.6 Å². The van der Waals surface area contributed by atoms with Crippen LogP contribution >= 0.6 is 36.4 Å². The van der Waals surface area contributed by atoms with E-state index in [0.717, 1.165) is 55.4 Å². The lowest BCUT2D eigenvalue weighted by molar-refractivity contribution is 0.144. The van der Waals surface area contributed by atoms with E-state index < -0.39 is 0 Å². The maximum absolute atomic E-state index is 5.90. The number of hydrogen-bond acceptors (Lipinski definition) is 5. The predicted molar refractivity (Wildman–Crippen MR) is 119 cm³/mol. The first-order valence-corrected chi connectivity index (χ1v) is 9.38. The Balaban J connectivity index is 0.00000364. The molecule has 2 rings (SSSR count). The first kappa shape index (κ1) is 26.8. The molecule has 0 amide bonds. The molecule has 1 aromatic carbocycles. The molecule has 0 spiro atoms. The van der Waals surface area contributed by atoms with E-state index in [0.29, 0.717) is 18.4 Å². The number of aromatic nitrogens is 1. The minimum atomic E-state index is 0. The summed E-state index contributed by atoms with van der Waals surface area (Å²) in [6, 6.07) is 9.67. The fourth-order valence-corrected chi connectivity index (χ4v) is 2.49. The van der Waals surface area contributed by atoms with E-state index in [1.54, 1.807) is 12.3 Å². The van der Waals surface area contributed by atoms with Crippen molar-refractivity contribution in [2.45, 2.75) is 33.4 Å². The van der Waals surface area contributed by atoms with Crippen molar-refractivity contribution in [1.82, 2.24) is 10.3 Å². The molecular formula is C20H29Cl3N2O3. The van der Waals surface area contributed by atoms with Gasteiger partial charge in [0.2, 0.25) is 0 Å². The van der Waals surface area contributed by atoms with Crippen LogP contribution in [0.4, 0.5) is 0 Å². The van der Waals surface area contributed by atoms with E-state index in [9.17, 15) is 0 Å². The van der Waals surface area contributed by atoms with Gasteiger partial charge in [0, 0.05) is 31.5 Å². The number of nitrogens with one attached hydrogen (secondary N) is 1. The molecule has 0 radical (unpaired) electrons. The Labute approximate surface area is 184 Å². The second-order valence-electron chi connectivity index (χ2n) is 5.72. The van der Waals surface area contributed by atoms with Crippen LogP contribution in [0.1, 0.15) is 31.4 Å². The number of nitrogens with zero attached hydrogens (tertiary/aromatic N) is 1. The molecule has 0 saturated heterocycles. The highest BCUT2D eigenvalue weighted by molar-refractivity contribution is 6.29. The molecule has 8 heteroatoms. The largest absolute Gasteiger partial charge is 0.490 e. The SMILES string of the molecule is CCOCCCNCc1ccc(OCc2ccc(Cl)nc2)c(OCC)c1.Cl.Cl. The van der Waals surface area contributed by atoms with Gasteiger partial charge in [0.15, 0.2) is 11.5 Å². The van der Waals surface area contributed by atoms with Gasteiger partial charge in [-0.3, -0.25) is 0 Å². The molecule has 0 aliphatic heterocycles. The quantitative estimate of drug-likeness (QED) is 0.360. The van der Waals surface area contributed by atoms with E-state index in [1.165, 1.54) is 0 Å². The van der Waals surface area contributed by atoms with Crippen LogP contribution in [0.3, 0.4) is 0 Å². The normalized spacial score (nSPS) is 9.96. The molecule has 0 saturated carbocycles. The second kappa shape index (κ2) is 15.7. The average molecular weight is 452 g/mol. The number of halogens is 3. The van der Waals surface area contributed by atoms with Crippen molar-refractivity contribution in [2.75, 3.05) is 26.4 Å². The Hall–Kier alpha value is -1.24. The monoisotopic (exact) mass is 450 g/mol. The van der Waals surface area contributed by atoms with E-state index in [1.807, 2.05) is 38.1 Å². The van der Waals surface area contributed by atoms with Gasteiger partial charge in [0.25, 0.3) is 0 Å². The molecule has 158 valence electrons. The number of hydrogen-bond donors (Lipinski definition) is 1. The number of benzene rings is 1. The summed E-state index contributed by atoms with van der Waals surface area (Å²) in [7, 11) is 0. The number of rotatable bonds is 12. The maximum Gasteiger partial charge on any atom is 0.161 e. The van der Waals surface area contributed by atoms with Gasteiger partial charge in [-0.1, -0.05) is 23.7 Å². The minimum absolute atomic E-state index is 0. The molecule has 0 unspecified atom stereocenters. The summed E-state index contributed by atoms with van der Waals surface area (Å²) in [4.78, 5) is 4.06. The zero-order valence-electron chi connectivity index (χ0n) is 16.3. The first-order chi connectivity index (χ1) is 12.7. The van der Waals surface area contributed by atoms with Crippen LogP contribution in [0.5, 0.6) is 11.5 Å². The molecule has 1 N–H and O–H groups in total. The fourth-order valence-electron chi connectivity index (χ4n) is 2.38. The van der Waals surface area contributed by atoms with Crippen molar-refractivity contribution in [3.8, 4) is 11.5 Å².